The third-order valence-corrected chi connectivity index (χ3v) is 3.11. The molecule has 1 heterocycles. The van der Waals surface area contributed by atoms with Crippen molar-refractivity contribution in [3.63, 3.8) is 0 Å². The van der Waals surface area contributed by atoms with Crippen LogP contribution in [0, 0.1) is 5.82 Å². The van der Waals surface area contributed by atoms with Crippen molar-refractivity contribution in [3.8, 4) is 5.75 Å². The topological polar surface area (TPSA) is 21.3 Å². The highest BCUT2D eigenvalue weighted by Gasteiger charge is 2.09. The van der Waals surface area contributed by atoms with E-state index < -0.39 is 0 Å². The number of benzene rings is 1. The van der Waals surface area contributed by atoms with Gasteiger partial charge in [0.1, 0.15) is 6.61 Å². The Kier molecular flexibility index (Phi) is 4.12. The lowest BCUT2D eigenvalue weighted by Gasteiger charge is -2.11. The zero-order chi connectivity index (χ0) is 12.1. The summed E-state index contributed by atoms with van der Waals surface area (Å²) >= 11 is 1.61. The van der Waals surface area contributed by atoms with Gasteiger partial charge in [0.05, 0.1) is 0 Å². The average Bonchev–Trinajstić information content (AvgIpc) is 2.82. The van der Waals surface area contributed by atoms with E-state index in [-0.39, 0.29) is 5.82 Å². The van der Waals surface area contributed by atoms with Crippen LogP contribution in [-0.4, -0.2) is 7.05 Å². The molecule has 0 saturated carbocycles. The maximum Gasteiger partial charge on any atom is 0.165 e. The maximum absolute atomic E-state index is 13.7. The molecule has 90 valence electrons. The largest absolute Gasteiger partial charge is 0.485 e. The molecule has 0 aliphatic carbocycles. The number of para-hydroxylation sites is 1. The summed E-state index contributed by atoms with van der Waals surface area (Å²) in [6, 6.07) is 6.95. The lowest BCUT2D eigenvalue weighted by Crippen LogP contribution is -2.08. The standard InChI is InChI=1S/C13H14FNOS/c1-15-7-11-3-2-4-12(14)13(11)16-8-10-5-6-17-9-10/h2-6,9,15H,7-8H2,1H3. The molecular formula is C13H14FNOS. The molecule has 4 heteroatoms. The first-order valence-electron chi connectivity index (χ1n) is 5.37. The van der Waals surface area contributed by atoms with E-state index in [4.69, 9.17) is 4.74 Å². The highest BCUT2D eigenvalue weighted by atomic mass is 32.1. The predicted molar refractivity (Wildman–Crippen MR) is 67.8 cm³/mol. The fourth-order valence-corrected chi connectivity index (χ4v) is 2.23. The summed E-state index contributed by atoms with van der Waals surface area (Å²) in [4.78, 5) is 0. The van der Waals surface area contributed by atoms with Crippen molar-refractivity contribution < 1.29 is 9.13 Å². The van der Waals surface area contributed by atoms with Crippen LogP contribution in [0.15, 0.2) is 35.0 Å². The van der Waals surface area contributed by atoms with Crippen molar-refractivity contribution in [1.29, 1.82) is 0 Å². The lowest BCUT2D eigenvalue weighted by molar-refractivity contribution is 0.287. The number of thiophene rings is 1. The monoisotopic (exact) mass is 251 g/mol. The number of halogens is 1. The van der Waals surface area contributed by atoms with Gasteiger partial charge >= 0.3 is 0 Å². The number of rotatable bonds is 5. The van der Waals surface area contributed by atoms with Gasteiger partial charge in [0.25, 0.3) is 0 Å². The molecular weight excluding hydrogens is 237 g/mol. The minimum Gasteiger partial charge on any atom is -0.485 e. The fraction of sp³-hybridized carbons (Fsp3) is 0.231. The molecule has 0 bridgehead atoms. The molecule has 0 radical (unpaired) electrons. The van der Waals surface area contributed by atoms with Crippen LogP contribution in [0.2, 0.25) is 0 Å². The molecule has 0 aliphatic rings. The summed E-state index contributed by atoms with van der Waals surface area (Å²) in [7, 11) is 1.83. The summed E-state index contributed by atoms with van der Waals surface area (Å²) < 4.78 is 19.2. The van der Waals surface area contributed by atoms with Crippen molar-refractivity contribution >= 4 is 11.3 Å². The molecule has 0 atom stereocenters. The molecule has 1 N–H and O–H groups in total. The van der Waals surface area contributed by atoms with Crippen molar-refractivity contribution in [2.24, 2.45) is 0 Å². The summed E-state index contributed by atoms with van der Waals surface area (Å²) in [6.07, 6.45) is 0. The van der Waals surface area contributed by atoms with Crippen LogP contribution in [0.1, 0.15) is 11.1 Å². The highest BCUT2D eigenvalue weighted by Crippen LogP contribution is 2.24. The Bertz CT molecular complexity index is 470. The molecule has 1 aromatic heterocycles. The van der Waals surface area contributed by atoms with Crippen LogP contribution in [0.25, 0.3) is 0 Å². The third kappa shape index (κ3) is 3.05. The Labute approximate surface area is 104 Å². The number of nitrogens with one attached hydrogen (secondary N) is 1. The van der Waals surface area contributed by atoms with Gasteiger partial charge in [-0.3, -0.25) is 0 Å². The molecule has 0 unspecified atom stereocenters. The molecule has 0 fully saturated rings. The maximum atomic E-state index is 13.7. The van der Waals surface area contributed by atoms with Crippen LogP contribution in [0.5, 0.6) is 5.75 Å². The fourth-order valence-electron chi connectivity index (χ4n) is 1.58. The van der Waals surface area contributed by atoms with Crippen molar-refractivity contribution in [2.75, 3.05) is 7.05 Å². The third-order valence-electron chi connectivity index (χ3n) is 2.38. The first kappa shape index (κ1) is 12.1. The number of hydrogen-bond acceptors (Lipinski definition) is 3. The van der Waals surface area contributed by atoms with Crippen molar-refractivity contribution in [2.45, 2.75) is 13.2 Å². The second kappa shape index (κ2) is 5.80. The Hall–Kier alpha value is -1.39. The first-order chi connectivity index (χ1) is 8.31. The second-order valence-electron chi connectivity index (χ2n) is 3.68. The van der Waals surface area contributed by atoms with Crippen LogP contribution in [0.4, 0.5) is 4.39 Å². The second-order valence-corrected chi connectivity index (χ2v) is 4.46. The zero-order valence-electron chi connectivity index (χ0n) is 9.57. The zero-order valence-corrected chi connectivity index (χ0v) is 10.4. The van der Waals surface area contributed by atoms with Gasteiger partial charge < -0.3 is 10.1 Å². The Morgan fingerprint density at radius 3 is 2.94 bits per heavy atom. The van der Waals surface area contributed by atoms with E-state index in [1.807, 2.05) is 29.9 Å². The summed E-state index contributed by atoms with van der Waals surface area (Å²) in [5.41, 5.74) is 1.90. The Morgan fingerprint density at radius 2 is 2.24 bits per heavy atom. The van der Waals surface area contributed by atoms with Crippen LogP contribution in [-0.2, 0) is 13.2 Å². The minimum absolute atomic E-state index is 0.312. The van der Waals surface area contributed by atoms with Gasteiger partial charge in [-0.05, 0) is 35.5 Å². The average molecular weight is 251 g/mol. The van der Waals surface area contributed by atoms with Crippen molar-refractivity contribution in [3.05, 3.63) is 52.0 Å². The Balaban J connectivity index is 2.13. The highest BCUT2D eigenvalue weighted by molar-refractivity contribution is 7.07. The smallest absolute Gasteiger partial charge is 0.165 e. The summed E-state index contributed by atoms with van der Waals surface area (Å²) in [5, 5.41) is 6.98. The molecule has 2 nitrogen and oxygen atoms in total. The van der Waals surface area contributed by atoms with E-state index in [1.165, 1.54) is 6.07 Å². The quantitative estimate of drug-likeness (QED) is 0.881. The van der Waals surface area contributed by atoms with Gasteiger partial charge in [0, 0.05) is 12.1 Å². The Morgan fingerprint density at radius 1 is 1.35 bits per heavy atom. The molecule has 0 spiro atoms. The van der Waals surface area contributed by atoms with Crippen LogP contribution in [0.3, 0.4) is 0 Å². The minimum atomic E-state index is -0.312. The van der Waals surface area contributed by atoms with E-state index >= 15 is 0 Å². The molecule has 2 rings (SSSR count). The van der Waals surface area contributed by atoms with Crippen LogP contribution >= 0.6 is 11.3 Å². The van der Waals surface area contributed by atoms with E-state index in [2.05, 4.69) is 5.32 Å². The first-order valence-corrected chi connectivity index (χ1v) is 6.31. The molecule has 1 aromatic carbocycles. The van der Waals surface area contributed by atoms with Gasteiger partial charge in [-0.25, -0.2) is 4.39 Å². The molecule has 0 saturated heterocycles. The van der Waals surface area contributed by atoms with E-state index in [0.29, 0.717) is 18.9 Å². The summed E-state index contributed by atoms with van der Waals surface area (Å²) in [6.45, 7) is 0.998. The van der Waals surface area contributed by atoms with Crippen molar-refractivity contribution in [1.82, 2.24) is 5.32 Å². The normalized spacial score (nSPS) is 10.5. The SMILES string of the molecule is CNCc1cccc(F)c1OCc1ccsc1. The number of ether oxygens (including phenoxy) is 1. The lowest BCUT2D eigenvalue weighted by atomic mass is 10.2. The number of hydrogen-bond donors (Lipinski definition) is 1. The van der Waals surface area contributed by atoms with Gasteiger partial charge in [-0.1, -0.05) is 12.1 Å². The van der Waals surface area contributed by atoms with E-state index in [0.717, 1.165) is 11.1 Å². The van der Waals surface area contributed by atoms with Gasteiger partial charge in [-0.15, -0.1) is 0 Å². The molecule has 2 aromatic rings. The van der Waals surface area contributed by atoms with Gasteiger partial charge in [0.2, 0.25) is 0 Å². The summed E-state index contributed by atoms with van der Waals surface area (Å²) in [5.74, 6) is 0.0287. The predicted octanol–water partition coefficient (Wildman–Crippen LogP) is 3.19. The molecule has 0 amide bonds. The molecule has 17 heavy (non-hydrogen) atoms. The van der Waals surface area contributed by atoms with E-state index in [9.17, 15) is 4.39 Å². The van der Waals surface area contributed by atoms with Crippen LogP contribution < -0.4 is 10.1 Å². The molecule has 0 aliphatic heterocycles. The van der Waals surface area contributed by atoms with Gasteiger partial charge in [0.15, 0.2) is 11.6 Å². The van der Waals surface area contributed by atoms with Gasteiger partial charge in [-0.2, -0.15) is 11.3 Å². The van der Waals surface area contributed by atoms with E-state index in [1.54, 1.807) is 17.4 Å².